The lowest BCUT2D eigenvalue weighted by Gasteiger charge is -2.05. The molecule has 0 saturated heterocycles. The highest BCUT2D eigenvalue weighted by molar-refractivity contribution is 5.70. The van der Waals surface area contributed by atoms with Gasteiger partial charge in [0.1, 0.15) is 17.3 Å². The second-order valence-electron chi connectivity index (χ2n) is 5.23. The lowest BCUT2D eigenvalue weighted by molar-refractivity contribution is -0.143. The first-order valence-corrected chi connectivity index (χ1v) is 7.81. The number of aliphatic hydroxyl groups excluding tert-OH is 1. The molecule has 0 amide bonds. The molecular formula is C16H21N3O4. The summed E-state index contributed by atoms with van der Waals surface area (Å²) in [4.78, 5) is 27.8. The van der Waals surface area contributed by atoms with Crippen LogP contribution in [-0.2, 0) is 16.0 Å². The maximum atomic E-state index is 12.3. The van der Waals surface area contributed by atoms with Crippen LogP contribution < -0.4 is 10.6 Å². The number of aliphatic hydroxyl groups is 1. The van der Waals surface area contributed by atoms with Gasteiger partial charge in [0.15, 0.2) is 11.1 Å². The van der Waals surface area contributed by atoms with Gasteiger partial charge in [-0.15, -0.1) is 0 Å². The maximum Gasteiger partial charge on any atom is 0.306 e. The van der Waals surface area contributed by atoms with Crippen LogP contribution in [0.25, 0.3) is 11.4 Å². The second-order valence-corrected chi connectivity index (χ2v) is 5.23. The highest BCUT2D eigenvalue weighted by Crippen LogP contribution is 2.06. The van der Waals surface area contributed by atoms with Crippen molar-refractivity contribution >= 4 is 17.4 Å². The zero-order chi connectivity index (χ0) is 16.8. The van der Waals surface area contributed by atoms with Crippen molar-refractivity contribution in [2.45, 2.75) is 46.0 Å². The van der Waals surface area contributed by atoms with Crippen LogP contribution in [-0.4, -0.2) is 32.3 Å². The number of carbonyl (C=O) groups excluding carboxylic acids is 1. The van der Waals surface area contributed by atoms with Gasteiger partial charge in [-0.05, 0) is 19.8 Å². The van der Waals surface area contributed by atoms with E-state index >= 15 is 0 Å². The zero-order valence-electron chi connectivity index (χ0n) is 13.4. The van der Waals surface area contributed by atoms with Gasteiger partial charge in [-0.25, -0.2) is 9.50 Å². The van der Waals surface area contributed by atoms with E-state index in [0.29, 0.717) is 5.65 Å². The summed E-state index contributed by atoms with van der Waals surface area (Å²) in [5.41, 5.74) is 0.786. The Kier molecular flexibility index (Phi) is 5.67. The predicted octanol–water partition coefficient (Wildman–Crippen LogP) is 1.16. The topological polar surface area (TPSA) is 93.8 Å². The van der Waals surface area contributed by atoms with Crippen molar-refractivity contribution in [2.75, 3.05) is 6.61 Å². The van der Waals surface area contributed by atoms with E-state index in [2.05, 4.69) is 17.0 Å². The van der Waals surface area contributed by atoms with E-state index < -0.39 is 5.97 Å². The number of aromatic nitrogens is 3. The van der Waals surface area contributed by atoms with Crippen molar-refractivity contribution < 1.29 is 14.6 Å². The molecule has 0 unspecified atom stereocenters. The first kappa shape index (κ1) is 16.9. The minimum atomic E-state index is -0.413. The van der Waals surface area contributed by atoms with Crippen molar-refractivity contribution in [3.8, 4) is 0 Å². The molecule has 0 radical (unpaired) electrons. The molecule has 0 saturated carbocycles. The van der Waals surface area contributed by atoms with Crippen LogP contribution >= 0.6 is 0 Å². The Bertz CT molecular complexity index is 797. The van der Waals surface area contributed by atoms with Crippen LogP contribution in [0.5, 0.6) is 0 Å². The van der Waals surface area contributed by atoms with Crippen molar-refractivity contribution in [1.29, 1.82) is 0 Å². The van der Waals surface area contributed by atoms with Gasteiger partial charge in [-0.2, -0.15) is 5.10 Å². The minimum absolute atomic E-state index is 0.0109. The van der Waals surface area contributed by atoms with Gasteiger partial charge < -0.3 is 9.84 Å². The summed E-state index contributed by atoms with van der Waals surface area (Å²) in [6.45, 7) is 4.07. The predicted molar refractivity (Wildman–Crippen MR) is 85.0 cm³/mol. The van der Waals surface area contributed by atoms with Gasteiger partial charge in [0.05, 0.1) is 13.0 Å². The number of nitrogens with zero attached hydrogens (tertiary/aromatic N) is 3. The first-order valence-electron chi connectivity index (χ1n) is 7.81. The fraction of sp³-hybridized carbons (Fsp3) is 0.500. The molecule has 0 spiro atoms. The average Bonchev–Trinajstić information content (AvgIpc) is 3.00. The van der Waals surface area contributed by atoms with Gasteiger partial charge in [0.25, 0.3) is 0 Å². The van der Waals surface area contributed by atoms with Crippen LogP contribution in [0, 0.1) is 0 Å². The molecule has 2 aromatic rings. The summed E-state index contributed by atoms with van der Waals surface area (Å²) >= 11 is 0. The fourth-order valence-corrected chi connectivity index (χ4v) is 2.40. The Balaban J connectivity index is 2.42. The molecule has 124 valence electrons. The number of unbranched alkanes of at least 4 members (excludes halogenated alkanes) is 1. The van der Waals surface area contributed by atoms with Gasteiger partial charge in [-0.3, -0.25) is 9.59 Å². The van der Waals surface area contributed by atoms with Crippen molar-refractivity contribution in [3.63, 3.8) is 0 Å². The maximum absolute atomic E-state index is 12.3. The first-order chi connectivity index (χ1) is 11.1. The average molecular weight is 319 g/mol. The molecular weight excluding hydrogens is 298 g/mol. The zero-order valence-corrected chi connectivity index (χ0v) is 13.4. The summed E-state index contributed by atoms with van der Waals surface area (Å²) in [5.74, 6) is -0.577. The number of aryl methyl sites for hydroxylation is 1. The second kappa shape index (κ2) is 7.71. The van der Waals surface area contributed by atoms with Crippen LogP contribution in [0.1, 0.15) is 45.2 Å². The number of rotatable bonds is 7. The van der Waals surface area contributed by atoms with E-state index in [1.807, 2.05) is 0 Å². The molecule has 0 bridgehead atoms. The van der Waals surface area contributed by atoms with Crippen LogP contribution in [0.15, 0.2) is 17.2 Å². The van der Waals surface area contributed by atoms with E-state index in [4.69, 9.17) is 4.74 Å². The monoisotopic (exact) mass is 319 g/mol. The van der Waals surface area contributed by atoms with E-state index in [1.165, 1.54) is 12.4 Å². The molecule has 7 heteroatoms. The number of ether oxygens (including phenoxy) is 1. The molecule has 23 heavy (non-hydrogen) atoms. The summed E-state index contributed by atoms with van der Waals surface area (Å²) in [7, 11) is 0. The van der Waals surface area contributed by atoms with E-state index in [1.54, 1.807) is 11.4 Å². The van der Waals surface area contributed by atoms with Crippen LogP contribution in [0.4, 0.5) is 0 Å². The van der Waals surface area contributed by atoms with E-state index in [9.17, 15) is 14.7 Å². The molecule has 0 fully saturated rings. The SMILES string of the molecule is CCCCc1cc(=O)/c(=C(/O)CCC(=O)OCC)c2ncnn12. The summed E-state index contributed by atoms with van der Waals surface area (Å²) in [5, 5.41) is 14.5. The van der Waals surface area contributed by atoms with Gasteiger partial charge >= 0.3 is 5.97 Å². The molecule has 0 aliphatic carbocycles. The highest BCUT2D eigenvalue weighted by Gasteiger charge is 2.12. The molecule has 7 nitrogen and oxygen atoms in total. The quantitative estimate of drug-likeness (QED) is 0.770. The normalized spacial score (nSPS) is 12.4. The molecule has 0 aromatic carbocycles. The highest BCUT2D eigenvalue weighted by atomic mass is 16.5. The summed E-state index contributed by atoms with van der Waals surface area (Å²) in [6.07, 6.45) is 4.05. The van der Waals surface area contributed by atoms with Gasteiger partial charge in [-0.1, -0.05) is 13.3 Å². The standard InChI is InChI=1S/C16H21N3O4/c1-3-5-6-11-9-13(21)15(16-17-10-18-19(11)16)12(20)7-8-14(22)23-4-2/h9-10,20H,3-8H2,1-2H3/b15-12-. The largest absolute Gasteiger partial charge is 0.511 e. The molecule has 1 N–H and O–H groups in total. The molecule has 0 aliphatic rings. The van der Waals surface area contributed by atoms with Crippen molar-refractivity contribution in [3.05, 3.63) is 33.5 Å². The molecule has 2 heterocycles. The number of hydrogen-bond donors (Lipinski definition) is 1. The van der Waals surface area contributed by atoms with Gasteiger partial charge in [0, 0.05) is 18.2 Å². The number of pyridine rings is 1. The molecule has 2 rings (SSSR count). The Morgan fingerprint density at radius 3 is 2.83 bits per heavy atom. The number of fused-ring (bicyclic) bond motifs is 1. The summed E-state index contributed by atoms with van der Waals surface area (Å²) < 4.78 is 6.40. The van der Waals surface area contributed by atoms with Gasteiger partial charge in [0.2, 0.25) is 0 Å². The van der Waals surface area contributed by atoms with Crippen molar-refractivity contribution in [2.24, 2.45) is 0 Å². The van der Waals surface area contributed by atoms with Crippen molar-refractivity contribution in [1.82, 2.24) is 14.6 Å². The Labute approximate surface area is 133 Å². The van der Waals surface area contributed by atoms with E-state index in [-0.39, 0.29) is 35.9 Å². The Hall–Kier alpha value is -2.44. The van der Waals surface area contributed by atoms with Crippen LogP contribution in [0.2, 0.25) is 0 Å². The molecule has 2 aromatic heterocycles. The lowest BCUT2D eigenvalue weighted by Crippen LogP contribution is -2.31. The summed E-state index contributed by atoms with van der Waals surface area (Å²) in [6, 6.07) is 1.48. The fourth-order valence-electron chi connectivity index (χ4n) is 2.40. The third-order valence-electron chi connectivity index (χ3n) is 3.53. The Morgan fingerprint density at radius 2 is 2.13 bits per heavy atom. The number of carbonyl (C=O) groups is 1. The lowest BCUT2D eigenvalue weighted by atomic mass is 10.1. The minimum Gasteiger partial charge on any atom is -0.511 e. The molecule has 0 atom stereocenters. The Morgan fingerprint density at radius 1 is 1.35 bits per heavy atom. The smallest absolute Gasteiger partial charge is 0.306 e. The third-order valence-corrected chi connectivity index (χ3v) is 3.53. The van der Waals surface area contributed by atoms with Crippen LogP contribution in [0.3, 0.4) is 0 Å². The molecule has 0 aliphatic heterocycles. The van der Waals surface area contributed by atoms with E-state index in [0.717, 1.165) is 25.0 Å². The number of esters is 1. The number of hydrogen-bond acceptors (Lipinski definition) is 6. The third kappa shape index (κ3) is 3.85.